The average Bonchev–Trinajstić information content (AvgIpc) is 2.52. The smallest absolute Gasteiger partial charge is 0.251 e. The zero-order valence-corrected chi connectivity index (χ0v) is 19.5. The van der Waals surface area contributed by atoms with Gasteiger partial charge in [0.15, 0.2) is 0 Å². The topological polar surface area (TPSA) is 49.3 Å². The molecule has 1 amide bonds. The largest absolute Gasteiger partial charge is 0.391 e. The van der Waals surface area contributed by atoms with Gasteiger partial charge in [-0.3, -0.25) is 4.79 Å². The molecule has 0 spiro atoms. The quantitative estimate of drug-likeness (QED) is 0.566. The summed E-state index contributed by atoms with van der Waals surface area (Å²) in [7, 11) is 0. The van der Waals surface area contributed by atoms with E-state index in [1.165, 1.54) is 11.6 Å². The summed E-state index contributed by atoms with van der Waals surface area (Å²) in [5.41, 5.74) is 3.68. The molecule has 0 aliphatic heterocycles. The Balaban J connectivity index is 0.00000208. The molecule has 0 fully saturated rings. The van der Waals surface area contributed by atoms with Gasteiger partial charge in [0.05, 0.1) is 22.2 Å². The van der Waals surface area contributed by atoms with Crippen LogP contribution in [0.4, 0.5) is 0 Å². The zero-order chi connectivity index (χ0) is 16.6. The Hall–Kier alpha value is -0.108. The van der Waals surface area contributed by atoms with E-state index >= 15 is 0 Å². The summed E-state index contributed by atoms with van der Waals surface area (Å²) in [6.07, 6.45) is 0.842. The fourth-order valence-electron chi connectivity index (χ4n) is 2.94. The van der Waals surface area contributed by atoms with E-state index in [1.54, 1.807) is 12.1 Å². The van der Waals surface area contributed by atoms with Gasteiger partial charge in [0.2, 0.25) is 0 Å². The van der Waals surface area contributed by atoms with Crippen molar-refractivity contribution in [3.8, 4) is 0 Å². The van der Waals surface area contributed by atoms with E-state index in [0.717, 1.165) is 17.5 Å². The van der Waals surface area contributed by atoms with Crippen molar-refractivity contribution in [1.29, 1.82) is 0 Å². The number of fused-ring (bicyclic) bond motifs is 1. The molecule has 0 saturated heterocycles. The second kappa shape index (κ2) is 8.52. The van der Waals surface area contributed by atoms with Crippen LogP contribution in [0.2, 0.25) is 10.0 Å². The van der Waals surface area contributed by atoms with Crippen molar-refractivity contribution in [3.05, 3.63) is 68.7 Å². The molecule has 2 atom stereocenters. The predicted octanol–water partition coefficient (Wildman–Crippen LogP) is 4.08. The van der Waals surface area contributed by atoms with Crippen LogP contribution in [0.15, 0.2) is 36.4 Å². The Morgan fingerprint density at radius 2 is 1.92 bits per heavy atom. The van der Waals surface area contributed by atoms with Crippen molar-refractivity contribution in [2.45, 2.75) is 31.9 Å². The maximum Gasteiger partial charge on any atom is 0.251 e. The molecular weight excluding hydrogens is 560 g/mol. The number of aliphatic hydroxyl groups is 1. The summed E-state index contributed by atoms with van der Waals surface area (Å²) in [4.78, 5) is 12.5. The van der Waals surface area contributed by atoms with Crippen molar-refractivity contribution < 1.29 is 54.0 Å². The van der Waals surface area contributed by atoms with Gasteiger partial charge in [0.25, 0.3) is 5.91 Å². The predicted molar refractivity (Wildman–Crippen MR) is 92.2 cm³/mol. The fourth-order valence-corrected chi connectivity index (χ4v) is 3.24. The summed E-state index contributed by atoms with van der Waals surface area (Å²) in [5, 5.41) is 14.0. The molecule has 2 unspecified atom stereocenters. The van der Waals surface area contributed by atoms with E-state index in [4.69, 9.17) is 23.2 Å². The third-order valence-corrected chi connectivity index (χ3v) is 4.94. The first kappa shape index (κ1) is 20.2. The summed E-state index contributed by atoms with van der Waals surface area (Å²) in [6.45, 7) is 2.00. The summed E-state index contributed by atoms with van der Waals surface area (Å²) < 4.78 is 0. The Kier molecular flexibility index (Phi) is 7.17. The van der Waals surface area contributed by atoms with E-state index in [9.17, 15) is 9.90 Å². The van der Waals surface area contributed by atoms with Crippen LogP contribution >= 0.6 is 23.2 Å². The molecule has 0 aromatic heterocycles. The van der Waals surface area contributed by atoms with Crippen LogP contribution in [-0.4, -0.2) is 17.1 Å². The molecule has 2 aromatic carbocycles. The van der Waals surface area contributed by atoms with E-state index in [2.05, 4.69) is 11.4 Å². The minimum Gasteiger partial charge on any atom is -0.391 e. The molecule has 1 radical (unpaired) electrons. The van der Waals surface area contributed by atoms with Crippen molar-refractivity contribution in [1.82, 2.24) is 5.32 Å². The van der Waals surface area contributed by atoms with Crippen LogP contribution < -0.4 is 5.32 Å². The Bertz CT molecular complexity index is 767. The van der Waals surface area contributed by atoms with Crippen LogP contribution in [0, 0.1) is 51.0 Å². The molecule has 123 valence electrons. The number of rotatable bonds is 2. The minimum absolute atomic E-state index is 0. The molecule has 1 aliphatic rings. The molecule has 0 saturated carbocycles. The van der Waals surface area contributed by atoms with E-state index in [0.29, 0.717) is 22.0 Å². The van der Waals surface area contributed by atoms with Gasteiger partial charge in [-0.15, -0.1) is 0 Å². The first-order valence-corrected chi connectivity index (χ1v) is 8.24. The Labute approximate surface area is 187 Å². The Morgan fingerprint density at radius 3 is 2.62 bits per heavy atom. The number of benzene rings is 2. The molecule has 24 heavy (non-hydrogen) atoms. The molecule has 2 N–H and O–H groups in total. The number of hydrogen-bond acceptors (Lipinski definition) is 2. The van der Waals surface area contributed by atoms with Crippen molar-refractivity contribution in [2.75, 3.05) is 0 Å². The second-order valence-electron chi connectivity index (χ2n) is 5.89. The first-order chi connectivity index (χ1) is 11.0. The van der Waals surface area contributed by atoms with E-state index in [-0.39, 0.29) is 50.0 Å². The number of aliphatic hydroxyl groups excluding tert-OH is 1. The maximum atomic E-state index is 12.5. The molecule has 0 heterocycles. The molecule has 3 rings (SSSR count). The standard InChI is InChI=1S/C18H17Cl2NO2.Ac/c1-10-2-3-11-5-7-16(22)17(13(11)8-10)21-18(23)12-4-6-14(19)15(20)9-12;/h2-4,6,8-9,16-17,22H,5,7H2,1H3,(H,21,23);. The second-order valence-corrected chi connectivity index (χ2v) is 6.70. The van der Waals surface area contributed by atoms with Gasteiger partial charge in [0, 0.05) is 49.6 Å². The molecule has 3 nitrogen and oxygen atoms in total. The van der Waals surface area contributed by atoms with E-state index < -0.39 is 12.1 Å². The van der Waals surface area contributed by atoms with Crippen LogP contribution in [0.5, 0.6) is 0 Å². The molecular formula is C18H17AcCl2NO2. The van der Waals surface area contributed by atoms with Gasteiger partial charge in [-0.2, -0.15) is 0 Å². The van der Waals surface area contributed by atoms with Crippen LogP contribution in [0.1, 0.15) is 39.5 Å². The number of nitrogens with one attached hydrogen (secondary N) is 1. The number of halogens is 2. The summed E-state index contributed by atoms with van der Waals surface area (Å²) in [6, 6.07) is 10.5. The molecule has 1 aliphatic carbocycles. The number of aryl methyl sites for hydroxylation is 2. The number of hydrogen-bond donors (Lipinski definition) is 2. The number of amides is 1. The summed E-state index contributed by atoms with van der Waals surface area (Å²) >= 11 is 11.9. The van der Waals surface area contributed by atoms with Gasteiger partial charge in [0.1, 0.15) is 0 Å². The van der Waals surface area contributed by atoms with Gasteiger partial charge >= 0.3 is 0 Å². The third-order valence-electron chi connectivity index (χ3n) is 4.20. The van der Waals surface area contributed by atoms with Crippen LogP contribution in [0.3, 0.4) is 0 Å². The van der Waals surface area contributed by atoms with Gasteiger partial charge in [-0.1, -0.05) is 47.0 Å². The monoisotopic (exact) mass is 576 g/mol. The van der Waals surface area contributed by atoms with Gasteiger partial charge in [-0.05, 0) is 49.1 Å². The normalized spacial score (nSPS) is 19.2. The number of carbonyl (C=O) groups is 1. The maximum absolute atomic E-state index is 12.5. The van der Waals surface area contributed by atoms with Crippen LogP contribution in [0.25, 0.3) is 0 Å². The minimum atomic E-state index is -0.601. The third kappa shape index (κ3) is 4.35. The molecule has 0 bridgehead atoms. The average molecular weight is 577 g/mol. The fraction of sp³-hybridized carbons (Fsp3) is 0.278. The zero-order valence-electron chi connectivity index (χ0n) is 13.2. The first-order valence-electron chi connectivity index (χ1n) is 7.49. The van der Waals surface area contributed by atoms with Crippen molar-refractivity contribution in [3.63, 3.8) is 0 Å². The van der Waals surface area contributed by atoms with E-state index in [1.807, 2.05) is 19.1 Å². The molecule has 6 heteroatoms. The Morgan fingerprint density at radius 1 is 1.17 bits per heavy atom. The molecule has 2 aromatic rings. The SMILES string of the molecule is Cc1ccc2c(c1)C(NC(=O)c1ccc(Cl)c(Cl)c1)C(O)CC2.[Ac]. The number of carbonyl (C=O) groups excluding carboxylic acids is 1. The summed E-state index contributed by atoms with van der Waals surface area (Å²) in [5.74, 6) is -0.276. The van der Waals surface area contributed by atoms with Crippen LogP contribution in [-0.2, 0) is 6.42 Å². The van der Waals surface area contributed by atoms with Crippen molar-refractivity contribution in [2.24, 2.45) is 0 Å². The van der Waals surface area contributed by atoms with Gasteiger partial charge < -0.3 is 10.4 Å². The van der Waals surface area contributed by atoms with Gasteiger partial charge in [-0.25, -0.2) is 0 Å². The van der Waals surface area contributed by atoms with Crippen molar-refractivity contribution >= 4 is 29.1 Å².